The molecular weight excluding hydrogens is 771 g/mol. The third-order valence-corrected chi connectivity index (χ3v) is 9.39. The van der Waals surface area contributed by atoms with Gasteiger partial charge < -0.3 is 59.3 Å². The number of amides is 2. The summed E-state index contributed by atoms with van der Waals surface area (Å²) >= 11 is 0. The van der Waals surface area contributed by atoms with E-state index in [2.05, 4.69) is 30.7 Å². The van der Waals surface area contributed by atoms with Crippen LogP contribution in [0.2, 0.25) is 0 Å². The quantitative estimate of drug-likeness (QED) is 0.0703. The Balaban J connectivity index is 0.795. The summed E-state index contributed by atoms with van der Waals surface area (Å²) < 4.78 is 74.1. The fourth-order valence-corrected chi connectivity index (χ4v) is 6.39. The van der Waals surface area contributed by atoms with Crippen molar-refractivity contribution in [1.29, 1.82) is 0 Å². The molecule has 0 saturated heterocycles. The molecule has 5 rings (SSSR count). The van der Waals surface area contributed by atoms with E-state index in [9.17, 15) is 33.0 Å². The number of carbonyl (C=O) groups is 2. The highest BCUT2D eigenvalue weighted by Crippen LogP contribution is 2.54. The van der Waals surface area contributed by atoms with Gasteiger partial charge in [0, 0.05) is 47.8 Å². The molecular formula is C39H50F3N5O11. The van der Waals surface area contributed by atoms with Gasteiger partial charge in [0.05, 0.1) is 97.2 Å². The van der Waals surface area contributed by atoms with E-state index in [1.807, 2.05) is 0 Å². The smallest absolute Gasteiger partial charge is 0.406 e. The number of aliphatic hydroxyl groups is 2. The predicted octanol–water partition coefficient (Wildman–Crippen LogP) is 2.72. The van der Waals surface area contributed by atoms with Crippen molar-refractivity contribution in [3.8, 4) is 17.0 Å². The number of rotatable bonds is 27. The number of carbonyl (C=O) groups excluding carboxylic acids is 2. The Bertz CT molecular complexity index is 1700. The minimum absolute atomic E-state index is 0.0549. The first-order chi connectivity index (χ1) is 28.1. The number of ether oxygens (including phenoxy) is 7. The van der Waals surface area contributed by atoms with E-state index in [1.165, 1.54) is 30.6 Å². The molecule has 0 bridgehead atoms. The normalized spacial score (nSPS) is 19.7. The molecule has 2 saturated carbocycles. The topological polar surface area (TPSA) is 201 Å². The van der Waals surface area contributed by atoms with Crippen molar-refractivity contribution < 1.29 is 66.1 Å². The average Bonchev–Trinajstić information content (AvgIpc) is 3.19. The summed E-state index contributed by atoms with van der Waals surface area (Å²) in [6.07, 6.45) is -4.29. The van der Waals surface area contributed by atoms with Crippen molar-refractivity contribution in [3.63, 3.8) is 0 Å². The van der Waals surface area contributed by atoms with Crippen LogP contribution in [0.15, 0.2) is 60.9 Å². The number of aliphatic hydroxyl groups excluding tert-OH is 2. The van der Waals surface area contributed by atoms with Gasteiger partial charge in [0.2, 0.25) is 5.91 Å². The standard InChI is InChI=1S/C39H50F3N5O11/c40-39(41,42)58-29-6-4-28(5-7-29)47-33-24-32(45-25-46-33)26-2-1-3-27(22-26)37(50)43-8-10-52-12-14-54-16-18-56-20-21-57-19-17-55-15-13-53-11-9-44-38(51)31-23-30-34(31)36(49)35(30)48/h1-7,22,24-25,30-31,34-36,48-49H,8-21,23H2,(H,43,50)(H,44,51)(H,45,46,47)/t30?,31?,34?,35-,36+/m0/s1. The fourth-order valence-electron chi connectivity index (χ4n) is 6.39. The van der Waals surface area contributed by atoms with Crippen LogP contribution in [-0.2, 0) is 33.2 Å². The molecule has 58 heavy (non-hydrogen) atoms. The first-order valence-corrected chi connectivity index (χ1v) is 19.0. The second kappa shape index (κ2) is 23.2. The Morgan fingerprint density at radius 2 is 1.28 bits per heavy atom. The number of hydrogen-bond donors (Lipinski definition) is 5. The summed E-state index contributed by atoms with van der Waals surface area (Å²) in [6.45, 7) is 5.34. The summed E-state index contributed by atoms with van der Waals surface area (Å²) in [5, 5.41) is 28.0. The Labute approximate surface area is 333 Å². The summed E-state index contributed by atoms with van der Waals surface area (Å²) in [5.74, 6) is -0.602. The highest BCUT2D eigenvalue weighted by Gasteiger charge is 2.62. The number of hydrogen-bond acceptors (Lipinski definition) is 14. The summed E-state index contributed by atoms with van der Waals surface area (Å²) in [6, 6.07) is 13.8. The number of anilines is 2. The molecule has 3 aromatic rings. The van der Waals surface area contributed by atoms with Crippen molar-refractivity contribution in [1.82, 2.24) is 20.6 Å². The van der Waals surface area contributed by atoms with E-state index in [-0.39, 0.29) is 35.3 Å². The van der Waals surface area contributed by atoms with E-state index < -0.39 is 18.6 Å². The van der Waals surface area contributed by atoms with Crippen LogP contribution < -0.4 is 20.7 Å². The largest absolute Gasteiger partial charge is 0.573 e. The predicted molar refractivity (Wildman–Crippen MR) is 201 cm³/mol. The van der Waals surface area contributed by atoms with Crippen LogP contribution in [0.4, 0.5) is 24.7 Å². The lowest BCUT2D eigenvalue weighted by molar-refractivity contribution is -0.274. The molecule has 1 heterocycles. The maximum absolute atomic E-state index is 12.7. The number of alkyl halides is 3. The van der Waals surface area contributed by atoms with Crippen LogP contribution in [0.5, 0.6) is 5.75 Å². The summed E-state index contributed by atoms with van der Waals surface area (Å²) in [7, 11) is 0. The zero-order chi connectivity index (χ0) is 41.2. The lowest BCUT2D eigenvalue weighted by Crippen LogP contribution is -2.68. The number of fused-ring (bicyclic) bond motifs is 1. The second-order valence-electron chi connectivity index (χ2n) is 13.4. The molecule has 0 spiro atoms. The van der Waals surface area contributed by atoms with Crippen molar-refractivity contribution in [3.05, 3.63) is 66.5 Å². The van der Waals surface area contributed by atoms with Gasteiger partial charge in [-0.25, -0.2) is 9.97 Å². The minimum Gasteiger partial charge on any atom is -0.406 e. The molecule has 1 aromatic heterocycles. The van der Waals surface area contributed by atoms with Crippen molar-refractivity contribution in [2.75, 3.05) is 97.7 Å². The molecule has 16 nitrogen and oxygen atoms in total. The molecule has 0 radical (unpaired) electrons. The number of halogens is 3. The van der Waals surface area contributed by atoms with Crippen LogP contribution in [0.1, 0.15) is 16.8 Å². The lowest BCUT2D eigenvalue weighted by Gasteiger charge is -2.58. The maximum atomic E-state index is 12.7. The van der Waals surface area contributed by atoms with E-state index in [4.69, 9.17) is 28.4 Å². The fraction of sp³-hybridized carbons (Fsp3) is 0.538. The van der Waals surface area contributed by atoms with Crippen LogP contribution in [0.25, 0.3) is 11.3 Å². The monoisotopic (exact) mass is 821 g/mol. The average molecular weight is 822 g/mol. The Hall–Kier alpha value is -4.47. The van der Waals surface area contributed by atoms with E-state index >= 15 is 0 Å². The highest BCUT2D eigenvalue weighted by atomic mass is 19.4. The van der Waals surface area contributed by atoms with Gasteiger partial charge in [-0.15, -0.1) is 13.2 Å². The lowest BCUT2D eigenvalue weighted by atomic mass is 9.49. The van der Waals surface area contributed by atoms with E-state index in [0.29, 0.717) is 127 Å². The van der Waals surface area contributed by atoms with E-state index in [0.717, 1.165) is 0 Å². The van der Waals surface area contributed by atoms with Gasteiger partial charge in [-0.05, 0) is 48.7 Å². The van der Waals surface area contributed by atoms with E-state index in [1.54, 1.807) is 30.3 Å². The van der Waals surface area contributed by atoms with Crippen LogP contribution in [0.3, 0.4) is 0 Å². The number of benzene rings is 2. The first-order valence-electron chi connectivity index (χ1n) is 19.0. The molecule has 5 atom stereocenters. The Morgan fingerprint density at radius 3 is 1.84 bits per heavy atom. The molecule has 5 N–H and O–H groups in total. The minimum atomic E-state index is -4.77. The number of nitrogens with one attached hydrogen (secondary N) is 3. The van der Waals surface area contributed by atoms with Crippen molar-refractivity contribution in [2.24, 2.45) is 17.8 Å². The molecule has 0 aliphatic heterocycles. The van der Waals surface area contributed by atoms with Crippen molar-refractivity contribution in [2.45, 2.75) is 25.0 Å². The van der Waals surface area contributed by atoms with Crippen LogP contribution in [0, 0.1) is 17.8 Å². The summed E-state index contributed by atoms with van der Waals surface area (Å²) in [4.78, 5) is 33.3. The summed E-state index contributed by atoms with van der Waals surface area (Å²) in [5.41, 5.74) is 2.12. The molecule has 2 amide bonds. The van der Waals surface area contributed by atoms with Crippen LogP contribution >= 0.6 is 0 Å². The van der Waals surface area contributed by atoms with Gasteiger partial charge in [0.15, 0.2) is 0 Å². The van der Waals surface area contributed by atoms with Crippen LogP contribution in [-0.4, -0.2) is 143 Å². The van der Waals surface area contributed by atoms with Crippen molar-refractivity contribution >= 4 is 23.3 Å². The third-order valence-electron chi connectivity index (χ3n) is 9.39. The molecule has 2 aliphatic carbocycles. The molecule has 318 valence electrons. The highest BCUT2D eigenvalue weighted by molar-refractivity contribution is 5.95. The van der Waals surface area contributed by atoms with Gasteiger partial charge >= 0.3 is 6.36 Å². The van der Waals surface area contributed by atoms with Gasteiger partial charge in [-0.2, -0.15) is 0 Å². The number of aromatic nitrogens is 2. The Morgan fingerprint density at radius 1 is 0.707 bits per heavy atom. The second-order valence-corrected chi connectivity index (χ2v) is 13.4. The zero-order valence-corrected chi connectivity index (χ0v) is 31.9. The molecule has 3 unspecified atom stereocenters. The van der Waals surface area contributed by atoms with Gasteiger partial charge in [-0.3, -0.25) is 9.59 Å². The van der Waals surface area contributed by atoms with Gasteiger partial charge in [-0.1, -0.05) is 12.1 Å². The Kier molecular flexibility index (Phi) is 17.9. The SMILES string of the molecule is O=C(NCCOCCOCCOCCOCCOCCOCCNC(=O)C1CC2C1[C@@H](O)[C@H]2O)c1cccc(-c2cc(Nc3ccc(OC(F)(F)F)cc3)ncn2)c1. The number of nitrogens with zero attached hydrogens (tertiary/aromatic N) is 2. The van der Waals surface area contributed by atoms with Gasteiger partial charge in [0.25, 0.3) is 5.91 Å². The maximum Gasteiger partial charge on any atom is 0.573 e. The molecule has 2 aromatic carbocycles. The first kappa shape index (κ1) is 44.6. The molecule has 2 aliphatic rings. The van der Waals surface area contributed by atoms with Gasteiger partial charge in [0.1, 0.15) is 17.9 Å². The molecule has 19 heteroatoms. The zero-order valence-electron chi connectivity index (χ0n) is 31.9. The third kappa shape index (κ3) is 14.4. The molecule has 2 fully saturated rings.